The molecule has 1 aliphatic carbocycles. The Morgan fingerprint density at radius 3 is 2.88 bits per heavy atom. The molecule has 0 spiro atoms. The topological polar surface area (TPSA) is 54.7 Å². The zero-order valence-electron chi connectivity index (χ0n) is 8.76. The summed E-state index contributed by atoms with van der Waals surface area (Å²) >= 11 is 3.64. The fourth-order valence-electron chi connectivity index (χ4n) is 2.29. The number of aryl methyl sites for hydroxylation is 1. The maximum Gasteiger partial charge on any atom is 0.145 e. The zero-order chi connectivity index (χ0) is 11.1. The van der Waals surface area contributed by atoms with E-state index in [0.717, 1.165) is 11.3 Å². The van der Waals surface area contributed by atoms with E-state index >= 15 is 0 Å². The molecule has 0 fully saturated rings. The number of rotatable bonds is 1. The number of hydrogen-bond acceptors (Lipinski definition) is 2. The number of nitrogens with two attached hydrogens (primary N) is 1. The van der Waals surface area contributed by atoms with Gasteiger partial charge in [-0.15, -0.1) is 0 Å². The van der Waals surface area contributed by atoms with E-state index in [1.54, 1.807) is 0 Å². The Kier molecular flexibility index (Phi) is 2.24. The summed E-state index contributed by atoms with van der Waals surface area (Å²) in [5.41, 5.74) is 10.6. The average molecular weight is 278 g/mol. The van der Waals surface area contributed by atoms with Crippen molar-refractivity contribution in [2.75, 3.05) is 5.73 Å². The zero-order valence-corrected chi connectivity index (χ0v) is 10.3. The molecule has 82 valence electrons. The predicted molar refractivity (Wildman–Crippen MR) is 68.2 cm³/mol. The van der Waals surface area contributed by atoms with E-state index in [-0.39, 0.29) is 0 Å². The van der Waals surface area contributed by atoms with Crippen molar-refractivity contribution in [3.8, 4) is 11.3 Å². The Morgan fingerprint density at radius 2 is 2.12 bits per heavy atom. The van der Waals surface area contributed by atoms with Crippen molar-refractivity contribution in [3.05, 3.63) is 33.8 Å². The highest BCUT2D eigenvalue weighted by Gasteiger charge is 2.16. The number of aromatic nitrogens is 2. The molecule has 1 aromatic carbocycles. The highest BCUT2D eigenvalue weighted by Crippen LogP contribution is 2.33. The third kappa shape index (κ3) is 1.53. The summed E-state index contributed by atoms with van der Waals surface area (Å²) in [6.07, 6.45) is 3.61. The van der Waals surface area contributed by atoms with Gasteiger partial charge in [-0.25, -0.2) is 0 Å². The molecule has 3 rings (SSSR count). The summed E-state index contributed by atoms with van der Waals surface area (Å²) in [4.78, 5) is 0. The lowest BCUT2D eigenvalue weighted by atomic mass is 10.0. The van der Waals surface area contributed by atoms with Crippen LogP contribution in [0.1, 0.15) is 17.5 Å². The van der Waals surface area contributed by atoms with Crippen LogP contribution in [-0.2, 0) is 12.8 Å². The molecule has 0 bridgehead atoms. The fourth-order valence-corrected chi connectivity index (χ4v) is 2.99. The second-order valence-corrected chi connectivity index (χ2v) is 5.01. The van der Waals surface area contributed by atoms with Gasteiger partial charge < -0.3 is 5.73 Å². The summed E-state index contributed by atoms with van der Waals surface area (Å²) in [5.74, 6) is 0.534. The number of hydrogen-bond donors (Lipinski definition) is 2. The molecule has 0 unspecified atom stereocenters. The van der Waals surface area contributed by atoms with Crippen LogP contribution in [0.15, 0.2) is 22.7 Å². The smallest absolute Gasteiger partial charge is 0.145 e. The van der Waals surface area contributed by atoms with Crippen LogP contribution in [0.3, 0.4) is 0 Å². The molecular weight excluding hydrogens is 266 g/mol. The van der Waals surface area contributed by atoms with Crippen LogP contribution in [0.2, 0.25) is 0 Å². The molecule has 3 nitrogen and oxygen atoms in total. The Bertz CT molecular complexity index is 545. The van der Waals surface area contributed by atoms with E-state index in [1.165, 1.54) is 34.9 Å². The molecule has 4 heteroatoms. The minimum atomic E-state index is 0.534. The van der Waals surface area contributed by atoms with Gasteiger partial charge in [-0.05, 0) is 42.5 Å². The summed E-state index contributed by atoms with van der Waals surface area (Å²) in [6, 6.07) is 6.24. The molecule has 0 saturated heterocycles. The fraction of sp³-hybridized carbons (Fsp3) is 0.250. The van der Waals surface area contributed by atoms with Gasteiger partial charge in [0.1, 0.15) is 5.82 Å². The first-order valence-electron chi connectivity index (χ1n) is 5.36. The van der Waals surface area contributed by atoms with Crippen LogP contribution in [0.5, 0.6) is 0 Å². The number of nitrogen functional groups attached to an aromatic ring is 1. The normalized spacial score (nSPS) is 14.1. The Morgan fingerprint density at radius 1 is 1.25 bits per heavy atom. The largest absolute Gasteiger partial charge is 0.382 e. The SMILES string of the molecule is Nc1cc(-c2cc(Br)c3c(c2)CCC3)[nH]n1. The molecule has 1 aromatic heterocycles. The maximum absolute atomic E-state index is 5.61. The highest BCUT2D eigenvalue weighted by molar-refractivity contribution is 9.10. The third-order valence-electron chi connectivity index (χ3n) is 3.07. The van der Waals surface area contributed by atoms with Crippen molar-refractivity contribution >= 4 is 21.7 Å². The summed E-state index contributed by atoms with van der Waals surface area (Å²) < 4.78 is 1.20. The second kappa shape index (κ2) is 3.63. The predicted octanol–water partition coefficient (Wildman–Crippen LogP) is 2.91. The maximum atomic E-state index is 5.61. The van der Waals surface area contributed by atoms with Crippen LogP contribution < -0.4 is 5.73 Å². The third-order valence-corrected chi connectivity index (χ3v) is 3.78. The van der Waals surface area contributed by atoms with E-state index in [4.69, 9.17) is 5.73 Å². The standard InChI is InChI=1S/C12H12BrN3/c13-10-5-8(11-6-12(14)16-15-11)4-7-2-1-3-9(7)10/h4-6H,1-3H2,(H3,14,15,16). The van der Waals surface area contributed by atoms with Gasteiger partial charge in [-0.2, -0.15) is 5.10 Å². The van der Waals surface area contributed by atoms with Crippen molar-refractivity contribution in [2.45, 2.75) is 19.3 Å². The molecule has 0 amide bonds. The molecule has 1 aliphatic rings. The van der Waals surface area contributed by atoms with Gasteiger partial charge >= 0.3 is 0 Å². The summed E-state index contributed by atoms with van der Waals surface area (Å²) in [7, 11) is 0. The lowest BCUT2D eigenvalue weighted by Gasteiger charge is -2.05. The van der Waals surface area contributed by atoms with Crippen molar-refractivity contribution in [1.29, 1.82) is 0 Å². The number of aromatic amines is 1. The molecule has 2 aromatic rings. The van der Waals surface area contributed by atoms with Crippen LogP contribution >= 0.6 is 15.9 Å². The number of fused-ring (bicyclic) bond motifs is 1. The number of benzene rings is 1. The van der Waals surface area contributed by atoms with Crippen LogP contribution in [-0.4, -0.2) is 10.2 Å². The summed E-state index contributed by atoms with van der Waals surface area (Å²) in [6.45, 7) is 0. The first-order chi connectivity index (χ1) is 7.74. The van der Waals surface area contributed by atoms with Crippen molar-refractivity contribution in [1.82, 2.24) is 10.2 Å². The first-order valence-corrected chi connectivity index (χ1v) is 6.16. The molecule has 1 heterocycles. The monoisotopic (exact) mass is 277 g/mol. The van der Waals surface area contributed by atoms with Crippen molar-refractivity contribution in [2.24, 2.45) is 0 Å². The highest BCUT2D eigenvalue weighted by atomic mass is 79.9. The van der Waals surface area contributed by atoms with Crippen molar-refractivity contribution < 1.29 is 0 Å². The van der Waals surface area contributed by atoms with E-state index < -0.39 is 0 Å². The van der Waals surface area contributed by atoms with Gasteiger partial charge in [-0.3, -0.25) is 5.10 Å². The van der Waals surface area contributed by atoms with Gasteiger partial charge in [-0.1, -0.05) is 15.9 Å². The number of nitrogens with zero attached hydrogens (tertiary/aromatic N) is 1. The van der Waals surface area contributed by atoms with Crippen LogP contribution in [0.25, 0.3) is 11.3 Å². The minimum Gasteiger partial charge on any atom is -0.382 e. The van der Waals surface area contributed by atoms with Crippen molar-refractivity contribution in [3.63, 3.8) is 0 Å². The number of nitrogens with one attached hydrogen (secondary N) is 1. The van der Waals surface area contributed by atoms with E-state index in [9.17, 15) is 0 Å². The molecule has 16 heavy (non-hydrogen) atoms. The van der Waals surface area contributed by atoms with Gasteiger partial charge in [0.05, 0.1) is 5.69 Å². The quantitative estimate of drug-likeness (QED) is 0.842. The molecule has 0 atom stereocenters. The number of halogens is 1. The second-order valence-electron chi connectivity index (χ2n) is 4.16. The molecule has 0 radical (unpaired) electrons. The van der Waals surface area contributed by atoms with Gasteiger partial charge in [0.25, 0.3) is 0 Å². The number of anilines is 1. The molecule has 0 saturated carbocycles. The first kappa shape index (κ1) is 9.90. The summed E-state index contributed by atoms with van der Waals surface area (Å²) in [5, 5.41) is 6.90. The Labute approximate surface area is 102 Å². The lowest BCUT2D eigenvalue weighted by Crippen LogP contribution is -1.87. The Balaban J connectivity index is 2.12. The molecule has 3 N–H and O–H groups in total. The van der Waals surface area contributed by atoms with Gasteiger partial charge in [0.2, 0.25) is 0 Å². The van der Waals surface area contributed by atoms with Crippen LogP contribution in [0.4, 0.5) is 5.82 Å². The molecule has 0 aliphatic heterocycles. The van der Waals surface area contributed by atoms with Gasteiger partial charge in [0.15, 0.2) is 0 Å². The average Bonchev–Trinajstić information content (AvgIpc) is 2.85. The Hall–Kier alpha value is -1.29. The minimum absolute atomic E-state index is 0.534. The number of H-pyrrole nitrogens is 1. The van der Waals surface area contributed by atoms with E-state index in [1.807, 2.05) is 6.07 Å². The van der Waals surface area contributed by atoms with E-state index in [2.05, 4.69) is 38.3 Å². The van der Waals surface area contributed by atoms with E-state index in [0.29, 0.717) is 5.82 Å². The van der Waals surface area contributed by atoms with Crippen LogP contribution in [0, 0.1) is 0 Å². The molecular formula is C12H12BrN3. The lowest BCUT2D eigenvalue weighted by molar-refractivity contribution is 0.910. The van der Waals surface area contributed by atoms with Gasteiger partial charge in [0, 0.05) is 16.1 Å².